The lowest BCUT2D eigenvalue weighted by Crippen LogP contribution is -2.32. The van der Waals surface area contributed by atoms with Crippen molar-refractivity contribution in [1.29, 1.82) is 0 Å². The van der Waals surface area contributed by atoms with E-state index in [-0.39, 0.29) is 12.0 Å². The number of nitrogens with zero attached hydrogens (tertiary/aromatic N) is 1. The molecule has 0 unspecified atom stereocenters. The van der Waals surface area contributed by atoms with E-state index in [1.165, 1.54) is 4.88 Å². The van der Waals surface area contributed by atoms with E-state index in [4.69, 9.17) is 9.47 Å². The standard InChI is InChI=1S/C14H19NO3S/c16-14(15-6-2-8-17-10-7-15)13-5-4-12(19-13)11-3-1-9-18-11/h4-5,11H,1-3,6-10H2/t11-/m1/s1. The molecule has 0 aromatic carbocycles. The summed E-state index contributed by atoms with van der Waals surface area (Å²) < 4.78 is 11.0. The van der Waals surface area contributed by atoms with Gasteiger partial charge in [-0.1, -0.05) is 0 Å². The minimum absolute atomic E-state index is 0.139. The molecular weight excluding hydrogens is 262 g/mol. The fourth-order valence-electron chi connectivity index (χ4n) is 2.55. The molecule has 2 aliphatic heterocycles. The van der Waals surface area contributed by atoms with E-state index in [1.54, 1.807) is 11.3 Å². The molecule has 1 atom stereocenters. The number of ether oxygens (including phenoxy) is 2. The fourth-order valence-corrected chi connectivity index (χ4v) is 3.61. The largest absolute Gasteiger partial charge is 0.380 e. The maximum absolute atomic E-state index is 12.4. The van der Waals surface area contributed by atoms with Gasteiger partial charge in [-0.15, -0.1) is 11.3 Å². The summed E-state index contributed by atoms with van der Waals surface area (Å²) in [6, 6.07) is 3.98. The van der Waals surface area contributed by atoms with Crippen molar-refractivity contribution >= 4 is 17.2 Å². The Morgan fingerprint density at radius 1 is 1.21 bits per heavy atom. The van der Waals surface area contributed by atoms with Crippen LogP contribution in [0.4, 0.5) is 0 Å². The molecule has 0 N–H and O–H groups in total. The van der Waals surface area contributed by atoms with Gasteiger partial charge in [-0.2, -0.15) is 0 Å². The van der Waals surface area contributed by atoms with Crippen LogP contribution in [0, 0.1) is 0 Å². The Balaban J connectivity index is 1.68. The number of hydrogen-bond acceptors (Lipinski definition) is 4. The van der Waals surface area contributed by atoms with Crippen LogP contribution in [0.1, 0.15) is 39.9 Å². The van der Waals surface area contributed by atoms with Gasteiger partial charge in [0.2, 0.25) is 0 Å². The van der Waals surface area contributed by atoms with Crippen molar-refractivity contribution in [2.45, 2.75) is 25.4 Å². The first-order valence-electron chi connectivity index (χ1n) is 6.93. The number of carbonyl (C=O) groups is 1. The van der Waals surface area contributed by atoms with Crippen LogP contribution < -0.4 is 0 Å². The summed E-state index contributed by atoms with van der Waals surface area (Å²) in [6.07, 6.45) is 3.33. The first kappa shape index (κ1) is 13.1. The first-order valence-corrected chi connectivity index (χ1v) is 7.74. The third-order valence-corrected chi connectivity index (χ3v) is 4.76. The molecule has 3 rings (SSSR count). The lowest BCUT2D eigenvalue weighted by atomic mass is 10.2. The van der Waals surface area contributed by atoms with Gasteiger partial charge in [0.25, 0.3) is 5.91 Å². The molecular formula is C14H19NO3S. The van der Waals surface area contributed by atoms with Crippen LogP contribution in [-0.4, -0.2) is 43.7 Å². The molecule has 19 heavy (non-hydrogen) atoms. The molecule has 2 saturated heterocycles. The second-order valence-corrected chi connectivity index (χ2v) is 6.08. The minimum Gasteiger partial charge on any atom is -0.380 e. The molecule has 2 fully saturated rings. The molecule has 0 spiro atoms. The second kappa shape index (κ2) is 6.03. The predicted octanol–water partition coefficient (Wildman–Crippen LogP) is 2.46. The van der Waals surface area contributed by atoms with Gasteiger partial charge in [0.05, 0.1) is 17.6 Å². The summed E-state index contributed by atoms with van der Waals surface area (Å²) in [5.74, 6) is 0.139. The van der Waals surface area contributed by atoms with E-state index in [1.807, 2.05) is 17.0 Å². The SMILES string of the molecule is O=C(c1ccc([C@H]2CCCO2)s1)N1CCCOCC1. The number of amides is 1. The number of rotatable bonds is 2. The van der Waals surface area contributed by atoms with Gasteiger partial charge in [0, 0.05) is 31.2 Å². The van der Waals surface area contributed by atoms with E-state index in [2.05, 4.69) is 0 Å². The zero-order valence-electron chi connectivity index (χ0n) is 11.0. The molecule has 1 amide bonds. The molecule has 0 bridgehead atoms. The van der Waals surface area contributed by atoms with E-state index in [9.17, 15) is 4.79 Å². The normalized spacial score (nSPS) is 24.4. The zero-order valence-corrected chi connectivity index (χ0v) is 11.8. The Bertz CT molecular complexity index is 432. The van der Waals surface area contributed by atoms with Crippen LogP contribution in [0.3, 0.4) is 0 Å². The summed E-state index contributed by atoms with van der Waals surface area (Å²) >= 11 is 1.58. The average molecular weight is 281 g/mol. The third kappa shape index (κ3) is 2.99. The third-order valence-electron chi connectivity index (χ3n) is 3.59. The highest BCUT2D eigenvalue weighted by Gasteiger charge is 2.23. The summed E-state index contributed by atoms with van der Waals surface area (Å²) in [5, 5.41) is 0. The highest BCUT2D eigenvalue weighted by Crippen LogP contribution is 2.33. The summed E-state index contributed by atoms with van der Waals surface area (Å²) in [6.45, 7) is 3.75. The molecule has 0 saturated carbocycles. The van der Waals surface area contributed by atoms with Gasteiger partial charge in [0.15, 0.2) is 0 Å². The smallest absolute Gasteiger partial charge is 0.264 e. The number of thiophene rings is 1. The van der Waals surface area contributed by atoms with Crippen molar-refractivity contribution in [2.24, 2.45) is 0 Å². The van der Waals surface area contributed by atoms with E-state index < -0.39 is 0 Å². The Morgan fingerprint density at radius 3 is 3.00 bits per heavy atom. The lowest BCUT2D eigenvalue weighted by molar-refractivity contribution is 0.0746. The molecule has 1 aromatic rings. The van der Waals surface area contributed by atoms with Crippen molar-refractivity contribution < 1.29 is 14.3 Å². The first-order chi connectivity index (χ1) is 9.34. The van der Waals surface area contributed by atoms with Crippen LogP contribution in [0.2, 0.25) is 0 Å². The zero-order chi connectivity index (χ0) is 13.1. The fraction of sp³-hybridized carbons (Fsp3) is 0.643. The van der Waals surface area contributed by atoms with Crippen molar-refractivity contribution in [3.05, 3.63) is 21.9 Å². The van der Waals surface area contributed by atoms with Gasteiger partial charge >= 0.3 is 0 Å². The topological polar surface area (TPSA) is 38.8 Å². The van der Waals surface area contributed by atoms with Crippen molar-refractivity contribution in [3.8, 4) is 0 Å². The van der Waals surface area contributed by atoms with E-state index in [0.717, 1.165) is 43.9 Å². The van der Waals surface area contributed by atoms with Crippen molar-refractivity contribution in [2.75, 3.05) is 32.9 Å². The van der Waals surface area contributed by atoms with Gasteiger partial charge in [0.1, 0.15) is 0 Å². The predicted molar refractivity (Wildman–Crippen MR) is 73.6 cm³/mol. The van der Waals surface area contributed by atoms with Crippen LogP contribution in [0.15, 0.2) is 12.1 Å². The van der Waals surface area contributed by atoms with Crippen LogP contribution in [-0.2, 0) is 9.47 Å². The van der Waals surface area contributed by atoms with E-state index >= 15 is 0 Å². The van der Waals surface area contributed by atoms with Gasteiger partial charge in [-0.05, 0) is 31.4 Å². The maximum atomic E-state index is 12.4. The Labute approximate surface area is 117 Å². The van der Waals surface area contributed by atoms with E-state index in [0.29, 0.717) is 13.2 Å². The van der Waals surface area contributed by atoms with Crippen LogP contribution in [0.25, 0.3) is 0 Å². The van der Waals surface area contributed by atoms with Crippen LogP contribution >= 0.6 is 11.3 Å². The molecule has 5 heteroatoms. The molecule has 104 valence electrons. The van der Waals surface area contributed by atoms with Crippen molar-refractivity contribution in [3.63, 3.8) is 0 Å². The lowest BCUT2D eigenvalue weighted by Gasteiger charge is -2.18. The monoisotopic (exact) mass is 281 g/mol. The summed E-state index contributed by atoms with van der Waals surface area (Å²) in [4.78, 5) is 16.3. The summed E-state index contributed by atoms with van der Waals surface area (Å²) in [5.41, 5.74) is 0. The Kier molecular flexibility index (Phi) is 4.15. The van der Waals surface area contributed by atoms with Gasteiger partial charge < -0.3 is 14.4 Å². The Hall–Kier alpha value is -0.910. The van der Waals surface area contributed by atoms with Crippen LogP contribution in [0.5, 0.6) is 0 Å². The molecule has 1 aromatic heterocycles. The number of carbonyl (C=O) groups excluding carboxylic acids is 1. The molecule has 3 heterocycles. The highest BCUT2D eigenvalue weighted by atomic mass is 32.1. The maximum Gasteiger partial charge on any atom is 0.264 e. The molecule has 0 radical (unpaired) electrons. The van der Waals surface area contributed by atoms with Crippen molar-refractivity contribution in [1.82, 2.24) is 4.90 Å². The second-order valence-electron chi connectivity index (χ2n) is 4.96. The Morgan fingerprint density at radius 2 is 2.16 bits per heavy atom. The highest BCUT2D eigenvalue weighted by molar-refractivity contribution is 7.14. The number of hydrogen-bond donors (Lipinski definition) is 0. The quantitative estimate of drug-likeness (QED) is 0.836. The molecule has 4 nitrogen and oxygen atoms in total. The van der Waals surface area contributed by atoms with Gasteiger partial charge in [-0.3, -0.25) is 4.79 Å². The summed E-state index contributed by atoms with van der Waals surface area (Å²) in [7, 11) is 0. The minimum atomic E-state index is 0.139. The molecule has 2 aliphatic rings. The average Bonchev–Trinajstić information content (AvgIpc) is 3.04. The van der Waals surface area contributed by atoms with Gasteiger partial charge in [-0.25, -0.2) is 0 Å². The molecule has 0 aliphatic carbocycles.